The van der Waals surface area contributed by atoms with Gasteiger partial charge in [-0.3, -0.25) is 0 Å². The van der Waals surface area contributed by atoms with Gasteiger partial charge in [-0.2, -0.15) is 0 Å². The van der Waals surface area contributed by atoms with Gasteiger partial charge in [0.05, 0.1) is 12.7 Å². The van der Waals surface area contributed by atoms with Crippen molar-refractivity contribution >= 4 is 22.9 Å². The van der Waals surface area contributed by atoms with Gasteiger partial charge in [0.15, 0.2) is 0 Å². The van der Waals surface area contributed by atoms with Crippen LogP contribution in [0.15, 0.2) is 18.2 Å². The quantitative estimate of drug-likeness (QED) is 0.649. The van der Waals surface area contributed by atoms with Crippen LogP contribution in [0, 0.1) is 0 Å². The van der Waals surface area contributed by atoms with E-state index in [4.69, 9.17) is 4.74 Å². The van der Waals surface area contributed by atoms with Crippen LogP contribution in [-0.4, -0.2) is 23.8 Å². The van der Waals surface area contributed by atoms with E-state index >= 15 is 0 Å². The minimum absolute atomic E-state index is 0.310. The molecule has 0 aliphatic rings. The second-order valence-corrected chi connectivity index (χ2v) is 5.07. The molecule has 4 heteroatoms. The first-order chi connectivity index (χ1) is 8.02. The lowest BCUT2D eigenvalue weighted by Gasteiger charge is -2.00. The number of thiophene rings is 1. The zero-order valence-electron chi connectivity index (χ0n) is 10.4. The first-order valence-electron chi connectivity index (χ1n) is 5.65. The molecule has 0 saturated heterocycles. The summed E-state index contributed by atoms with van der Waals surface area (Å²) < 4.78 is 4.85. The smallest absolute Gasteiger partial charge is 0.331 e. The number of hydrogen-bond donors (Lipinski definition) is 1. The van der Waals surface area contributed by atoms with E-state index < -0.39 is 0 Å². The van der Waals surface area contributed by atoms with E-state index in [2.05, 4.69) is 0 Å². The number of aliphatic hydroxyl groups is 1. The van der Waals surface area contributed by atoms with E-state index in [9.17, 15) is 9.90 Å². The van der Waals surface area contributed by atoms with Gasteiger partial charge in [-0.15, -0.1) is 11.3 Å². The number of allylic oxidation sites excluding steroid dienone is 1. The summed E-state index contributed by atoms with van der Waals surface area (Å²) in [5.41, 5.74) is 0.894. The number of rotatable bonds is 5. The van der Waals surface area contributed by atoms with Crippen molar-refractivity contribution in [2.75, 3.05) is 6.61 Å². The summed E-state index contributed by atoms with van der Waals surface area (Å²) >= 11 is 1.59. The predicted molar refractivity (Wildman–Crippen MR) is 70.0 cm³/mol. The Balaban J connectivity index is 2.72. The van der Waals surface area contributed by atoms with Crippen LogP contribution in [0.3, 0.4) is 0 Å². The average molecular weight is 254 g/mol. The molecule has 0 fully saturated rings. The van der Waals surface area contributed by atoms with Gasteiger partial charge in [0.25, 0.3) is 0 Å². The Hall–Kier alpha value is -1.13. The van der Waals surface area contributed by atoms with Crippen molar-refractivity contribution in [2.24, 2.45) is 0 Å². The fourth-order valence-corrected chi connectivity index (χ4v) is 2.52. The highest BCUT2D eigenvalue weighted by atomic mass is 32.1. The molecule has 0 aromatic carbocycles. The maximum absolute atomic E-state index is 11.3. The summed E-state index contributed by atoms with van der Waals surface area (Å²) in [5.74, 6) is -0.310. The lowest BCUT2D eigenvalue weighted by atomic mass is 10.2. The van der Waals surface area contributed by atoms with Gasteiger partial charge >= 0.3 is 5.97 Å². The lowest BCUT2D eigenvalue weighted by Crippen LogP contribution is -2.01. The third-order valence-corrected chi connectivity index (χ3v) is 3.41. The monoisotopic (exact) mass is 254 g/mol. The third-order valence-electron chi connectivity index (χ3n) is 2.17. The van der Waals surface area contributed by atoms with E-state index in [0.717, 1.165) is 15.3 Å². The number of ether oxygens (including phenoxy) is 1. The first-order valence-corrected chi connectivity index (χ1v) is 6.46. The zero-order valence-corrected chi connectivity index (χ0v) is 11.2. The Kier molecular flexibility index (Phi) is 5.38. The van der Waals surface area contributed by atoms with Crippen molar-refractivity contribution < 1.29 is 14.6 Å². The lowest BCUT2D eigenvalue weighted by molar-refractivity contribution is -0.137. The molecule has 1 N–H and O–H groups in total. The van der Waals surface area contributed by atoms with E-state index in [0.29, 0.717) is 13.0 Å². The summed E-state index contributed by atoms with van der Waals surface area (Å²) in [6, 6.07) is 3.95. The summed E-state index contributed by atoms with van der Waals surface area (Å²) in [4.78, 5) is 13.4. The van der Waals surface area contributed by atoms with Gasteiger partial charge in [-0.05, 0) is 38.5 Å². The van der Waals surface area contributed by atoms with Crippen molar-refractivity contribution in [3.05, 3.63) is 28.0 Å². The molecule has 1 aromatic heterocycles. The van der Waals surface area contributed by atoms with Crippen LogP contribution in [-0.2, 0) is 16.0 Å². The van der Waals surface area contributed by atoms with E-state index in [1.54, 1.807) is 25.2 Å². The third kappa shape index (κ3) is 4.71. The van der Waals surface area contributed by atoms with Crippen LogP contribution in [0.5, 0.6) is 0 Å². The van der Waals surface area contributed by atoms with Crippen molar-refractivity contribution in [2.45, 2.75) is 33.3 Å². The average Bonchev–Trinajstić information content (AvgIpc) is 2.65. The van der Waals surface area contributed by atoms with Crippen LogP contribution in [0.1, 0.15) is 30.5 Å². The Morgan fingerprint density at radius 1 is 1.59 bits per heavy atom. The zero-order chi connectivity index (χ0) is 12.8. The molecule has 0 saturated carbocycles. The van der Waals surface area contributed by atoms with Gasteiger partial charge in [-0.1, -0.05) is 0 Å². The number of hydrogen-bond acceptors (Lipinski definition) is 4. The Morgan fingerprint density at radius 3 is 2.88 bits per heavy atom. The molecule has 1 aromatic rings. The maximum atomic E-state index is 11.3. The molecule has 94 valence electrons. The fraction of sp³-hybridized carbons (Fsp3) is 0.462. The summed E-state index contributed by atoms with van der Waals surface area (Å²) in [6.07, 6.45) is 1.81. The van der Waals surface area contributed by atoms with E-state index in [1.807, 2.05) is 19.1 Å². The molecule has 0 spiro atoms. The normalized spacial score (nSPS) is 13.5. The molecule has 0 aliphatic heterocycles. The number of aliphatic hydroxyl groups excluding tert-OH is 1. The molecule has 0 aliphatic carbocycles. The molecule has 0 bridgehead atoms. The van der Waals surface area contributed by atoms with Crippen molar-refractivity contribution in [1.82, 2.24) is 0 Å². The number of carbonyl (C=O) groups is 1. The number of carbonyl (C=O) groups excluding carboxylic acids is 1. The first kappa shape index (κ1) is 13.9. The minimum atomic E-state index is -0.337. The molecule has 3 nitrogen and oxygen atoms in total. The molecule has 1 rings (SSSR count). The van der Waals surface area contributed by atoms with Crippen molar-refractivity contribution in [3.63, 3.8) is 0 Å². The molecule has 1 unspecified atom stereocenters. The highest BCUT2D eigenvalue weighted by Gasteiger charge is 2.06. The summed E-state index contributed by atoms with van der Waals surface area (Å²) in [6.45, 7) is 5.82. The topological polar surface area (TPSA) is 46.5 Å². The molecule has 17 heavy (non-hydrogen) atoms. The Morgan fingerprint density at radius 2 is 2.29 bits per heavy atom. The Bertz CT molecular complexity index is 405. The number of esters is 1. The molecular formula is C13H18O3S. The van der Waals surface area contributed by atoms with Crippen LogP contribution in [0.25, 0.3) is 5.57 Å². The molecular weight excluding hydrogens is 236 g/mol. The van der Waals surface area contributed by atoms with Crippen LogP contribution in [0.4, 0.5) is 0 Å². The van der Waals surface area contributed by atoms with Gasteiger partial charge < -0.3 is 9.84 Å². The van der Waals surface area contributed by atoms with Crippen molar-refractivity contribution in [1.29, 1.82) is 0 Å². The van der Waals surface area contributed by atoms with Crippen LogP contribution >= 0.6 is 11.3 Å². The Labute approximate surface area is 106 Å². The van der Waals surface area contributed by atoms with Crippen LogP contribution in [0.2, 0.25) is 0 Å². The van der Waals surface area contributed by atoms with Crippen LogP contribution < -0.4 is 0 Å². The maximum Gasteiger partial charge on any atom is 0.331 e. The summed E-state index contributed by atoms with van der Waals surface area (Å²) in [5, 5.41) is 9.29. The van der Waals surface area contributed by atoms with Gasteiger partial charge in [0.2, 0.25) is 0 Å². The molecule has 0 amide bonds. The SMILES string of the molecule is CCOC(=O)C=C(C)c1ccc(CC(C)O)s1. The van der Waals surface area contributed by atoms with E-state index in [-0.39, 0.29) is 12.1 Å². The fourth-order valence-electron chi connectivity index (χ4n) is 1.42. The highest BCUT2D eigenvalue weighted by Crippen LogP contribution is 2.24. The largest absolute Gasteiger partial charge is 0.463 e. The van der Waals surface area contributed by atoms with Crippen molar-refractivity contribution in [3.8, 4) is 0 Å². The second kappa shape index (κ2) is 6.57. The van der Waals surface area contributed by atoms with Gasteiger partial charge in [0.1, 0.15) is 0 Å². The predicted octanol–water partition coefficient (Wildman–Crippen LogP) is 2.64. The molecule has 1 atom stereocenters. The second-order valence-electron chi connectivity index (χ2n) is 3.90. The minimum Gasteiger partial charge on any atom is -0.463 e. The van der Waals surface area contributed by atoms with E-state index in [1.165, 1.54) is 6.08 Å². The molecule has 1 heterocycles. The molecule has 0 radical (unpaired) electrons. The standard InChI is InChI=1S/C13H18O3S/c1-4-16-13(15)7-9(2)12-6-5-11(17-12)8-10(3)14/h5-7,10,14H,4,8H2,1-3H3. The van der Waals surface area contributed by atoms with Gasteiger partial charge in [0, 0.05) is 22.3 Å². The highest BCUT2D eigenvalue weighted by molar-refractivity contribution is 7.13. The summed E-state index contributed by atoms with van der Waals surface area (Å²) in [7, 11) is 0. The van der Waals surface area contributed by atoms with Gasteiger partial charge in [-0.25, -0.2) is 4.79 Å².